The van der Waals surface area contributed by atoms with Crippen molar-refractivity contribution in [1.29, 1.82) is 0 Å². The van der Waals surface area contributed by atoms with Crippen LogP contribution in [0.2, 0.25) is 5.02 Å². The highest BCUT2D eigenvalue weighted by atomic mass is 35.5. The van der Waals surface area contributed by atoms with Crippen molar-refractivity contribution in [2.75, 3.05) is 24.5 Å². The predicted octanol–water partition coefficient (Wildman–Crippen LogP) is 3.94. The van der Waals surface area contributed by atoms with Crippen LogP contribution in [0.15, 0.2) is 53.4 Å². The second-order valence-corrected chi connectivity index (χ2v) is 9.37. The minimum atomic E-state index is -4.01. The number of carbonyl (C=O) groups excluding carboxylic acids is 1. The third-order valence-corrected chi connectivity index (χ3v) is 7.18. The Labute approximate surface area is 177 Å². The lowest BCUT2D eigenvalue weighted by Crippen LogP contribution is -2.48. The SMILES string of the molecule is COc1ccccc1N(CC(=O)N1CCCCC1C)S(=O)(=O)c1ccc(Cl)cc1. The monoisotopic (exact) mass is 436 g/mol. The number of amides is 1. The molecule has 1 saturated heterocycles. The molecule has 1 aliphatic rings. The molecular weight excluding hydrogens is 412 g/mol. The number of piperidine rings is 1. The summed E-state index contributed by atoms with van der Waals surface area (Å²) in [7, 11) is -2.53. The molecule has 0 N–H and O–H groups in total. The zero-order valence-corrected chi connectivity index (χ0v) is 18.1. The van der Waals surface area contributed by atoms with Gasteiger partial charge in [0.05, 0.1) is 17.7 Å². The Bertz CT molecular complexity index is 963. The van der Waals surface area contributed by atoms with Crippen LogP contribution < -0.4 is 9.04 Å². The number of nitrogens with zero attached hydrogens (tertiary/aromatic N) is 2. The first kappa shape index (κ1) is 21.5. The molecule has 1 unspecified atom stereocenters. The first-order valence-corrected chi connectivity index (χ1v) is 11.4. The van der Waals surface area contributed by atoms with Crippen molar-refractivity contribution in [3.8, 4) is 5.75 Å². The van der Waals surface area contributed by atoms with Crippen LogP contribution in [0, 0.1) is 0 Å². The smallest absolute Gasteiger partial charge is 0.264 e. The molecule has 0 aromatic heterocycles. The summed E-state index contributed by atoms with van der Waals surface area (Å²) in [5.74, 6) is 0.158. The Morgan fingerprint density at radius 3 is 2.52 bits per heavy atom. The number of benzene rings is 2. The average molecular weight is 437 g/mol. The number of halogens is 1. The van der Waals surface area contributed by atoms with Gasteiger partial charge in [0.15, 0.2) is 0 Å². The van der Waals surface area contributed by atoms with E-state index in [0.717, 1.165) is 23.6 Å². The van der Waals surface area contributed by atoms with Crippen molar-refractivity contribution >= 4 is 33.2 Å². The van der Waals surface area contributed by atoms with Gasteiger partial charge in [0.1, 0.15) is 12.3 Å². The molecule has 2 aromatic carbocycles. The van der Waals surface area contributed by atoms with Gasteiger partial charge in [-0.15, -0.1) is 0 Å². The average Bonchev–Trinajstić information content (AvgIpc) is 2.72. The Morgan fingerprint density at radius 2 is 1.86 bits per heavy atom. The second kappa shape index (κ2) is 9.05. The van der Waals surface area contributed by atoms with Gasteiger partial charge in [0, 0.05) is 17.6 Å². The predicted molar refractivity (Wildman–Crippen MR) is 114 cm³/mol. The van der Waals surface area contributed by atoms with Crippen molar-refractivity contribution in [2.24, 2.45) is 0 Å². The molecule has 1 amide bonds. The summed E-state index contributed by atoms with van der Waals surface area (Å²) in [6, 6.07) is 12.8. The molecule has 1 aliphatic heterocycles. The number of hydrogen-bond acceptors (Lipinski definition) is 4. The van der Waals surface area contributed by atoms with E-state index in [9.17, 15) is 13.2 Å². The van der Waals surface area contributed by atoms with E-state index in [1.165, 1.54) is 31.4 Å². The van der Waals surface area contributed by atoms with Gasteiger partial charge < -0.3 is 9.64 Å². The molecule has 2 aromatic rings. The van der Waals surface area contributed by atoms with Gasteiger partial charge in [-0.2, -0.15) is 0 Å². The lowest BCUT2D eigenvalue weighted by molar-refractivity contribution is -0.132. The summed E-state index contributed by atoms with van der Waals surface area (Å²) in [6.45, 7) is 2.34. The molecule has 1 atom stereocenters. The van der Waals surface area contributed by atoms with Crippen LogP contribution in [0.1, 0.15) is 26.2 Å². The maximum Gasteiger partial charge on any atom is 0.264 e. The van der Waals surface area contributed by atoms with Crippen LogP contribution in [0.4, 0.5) is 5.69 Å². The molecule has 0 saturated carbocycles. The second-order valence-electron chi connectivity index (χ2n) is 7.07. The van der Waals surface area contributed by atoms with Crippen LogP contribution in [-0.2, 0) is 14.8 Å². The third kappa shape index (κ3) is 4.67. The van der Waals surface area contributed by atoms with Gasteiger partial charge in [-0.1, -0.05) is 23.7 Å². The van der Waals surface area contributed by atoms with Gasteiger partial charge in [0.2, 0.25) is 5.91 Å². The summed E-state index contributed by atoms with van der Waals surface area (Å²) in [4.78, 5) is 14.9. The van der Waals surface area contributed by atoms with Crippen molar-refractivity contribution < 1.29 is 17.9 Å². The van der Waals surface area contributed by atoms with E-state index in [1.54, 1.807) is 29.2 Å². The van der Waals surface area contributed by atoms with Crippen LogP contribution in [0.5, 0.6) is 5.75 Å². The third-order valence-electron chi connectivity index (χ3n) is 5.16. The summed E-state index contributed by atoms with van der Waals surface area (Å²) in [5, 5.41) is 0.436. The van der Waals surface area contributed by atoms with Gasteiger partial charge in [-0.25, -0.2) is 8.42 Å². The van der Waals surface area contributed by atoms with Gasteiger partial charge >= 0.3 is 0 Å². The number of carbonyl (C=O) groups is 1. The van der Waals surface area contributed by atoms with Gasteiger partial charge in [-0.3, -0.25) is 9.10 Å². The molecule has 1 fully saturated rings. The number of rotatable bonds is 6. The molecule has 6 nitrogen and oxygen atoms in total. The number of methoxy groups -OCH3 is 1. The van der Waals surface area contributed by atoms with Crippen molar-refractivity contribution in [2.45, 2.75) is 37.1 Å². The summed E-state index contributed by atoms with van der Waals surface area (Å²) < 4.78 is 33.4. The maximum atomic E-state index is 13.5. The van der Waals surface area contributed by atoms with Crippen molar-refractivity contribution in [3.63, 3.8) is 0 Å². The van der Waals surface area contributed by atoms with E-state index in [2.05, 4.69) is 0 Å². The number of ether oxygens (including phenoxy) is 1. The number of hydrogen-bond donors (Lipinski definition) is 0. The van der Waals surface area contributed by atoms with Crippen LogP contribution in [0.3, 0.4) is 0 Å². The number of likely N-dealkylation sites (tertiary alicyclic amines) is 1. The van der Waals surface area contributed by atoms with E-state index in [1.807, 2.05) is 6.92 Å². The molecule has 0 spiro atoms. The largest absolute Gasteiger partial charge is 0.495 e. The number of sulfonamides is 1. The summed E-state index contributed by atoms with van der Waals surface area (Å²) in [6.07, 6.45) is 2.92. The molecule has 29 heavy (non-hydrogen) atoms. The molecule has 0 bridgehead atoms. The van der Waals surface area contributed by atoms with E-state index in [4.69, 9.17) is 16.3 Å². The van der Waals surface area contributed by atoms with Crippen molar-refractivity contribution in [3.05, 3.63) is 53.6 Å². The van der Waals surface area contributed by atoms with Crippen LogP contribution in [0.25, 0.3) is 0 Å². The van der Waals surface area contributed by atoms with E-state index < -0.39 is 10.0 Å². The van der Waals surface area contributed by atoms with E-state index in [0.29, 0.717) is 23.0 Å². The fourth-order valence-electron chi connectivity index (χ4n) is 3.55. The summed E-state index contributed by atoms with van der Waals surface area (Å²) >= 11 is 5.92. The minimum absolute atomic E-state index is 0.0623. The standard InChI is InChI=1S/C21H25ClN2O4S/c1-16-7-5-6-14-23(16)21(25)15-24(19-8-3-4-9-20(19)28-2)29(26,27)18-12-10-17(22)11-13-18/h3-4,8-13,16H,5-7,14-15H2,1-2H3. The topological polar surface area (TPSA) is 66.9 Å². The Hall–Kier alpha value is -2.25. The fraction of sp³-hybridized carbons (Fsp3) is 0.381. The lowest BCUT2D eigenvalue weighted by atomic mass is 10.0. The van der Waals surface area contributed by atoms with Gasteiger partial charge in [-0.05, 0) is 62.6 Å². The zero-order valence-electron chi connectivity index (χ0n) is 16.5. The first-order chi connectivity index (χ1) is 13.8. The van der Waals surface area contributed by atoms with E-state index >= 15 is 0 Å². The normalized spacial score (nSPS) is 17.1. The summed E-state index contributed by atoms with van der Waals surface area (Å²) in [5.41, 5.74) is 0.322. The molecule has 0 radical (unpaired) electrons. The Balaban J connectivity index is 2.02. The maximum absolute atomic E-state index is 13.5. The van der Waals surface area contributed by atoms with Crippen LogP contribution in [-0.4, -0.2) is 45.5 Å². The molecular formula is C21H25ClN2O4S. The lowest BCUT2D eigenvalue weighted by Gasteiger charge is -2.35. The first-order valence-electron chi connectivity index (χ1n) is 9.55. The molecule has 156 valence electrons. The molecule has 3 rings (SSSR count). The quantitative estimate of drug-likeness (QED) is 0.687. The highest BCUT2D eigenvalue weighted by molar-refractivity contribution is 7.92. The van der Waals surface area contributed by atoms with E-state index in [-0.39, 0.29) is 23.4 Å². The molecule has 1 heterocycles. The molecule has 0 aliphatic carbocycles. The highest BCUT2D eigenvalue weighted by Gasteiger charge is 2.32. The Morgan fingerprint density at radius 1 is 1.17 bits per heavy atom. The Kier molecular flexibility index (Phi) is 6.70. The number of para-hydroxylation sites is 2. The zero-order chi connectivity index (χ0) is 21.0. The molecule has 8 heteroatoms. The van der Waals surface area contributed by atoms with Crippen molar-refractivity contribution in [1.82, 2.24) is 4.90 Å². The fourth-order valence-corrected chi connectivity index (χ4v) is 5.10. The van der Waals surface area contributed by atoms with Gasteiger partial charge in [0.25, 0.3) is 10.0 Å². The highest BCUT2D eigenvalue weighted by Crippen LogP contribution is 2.33. The number of anilines is 1. The van der Waals surface area contributed by atoms with Crippen LogP contribution >= 0.6 is 11.6 Å². The minimum Gasteiger partial charge on any atom is -0.495 e.